The first-order chi connectivity index (χ1) is 68.5. The van der Waals surface area contributed by atoms with Crippen LogP contribution in [0.25, 0.3) is 277 Å². The summed E-state index contributed by atoms with van der Waals surface area (Å²) in [6, 6.07) is 193. The van der Waals surface area contributed by atoms with Crippen LogP contribution in [-0.4, -0.2) is 0 Å². The third-order valence-electron chi connectivity index (χ3n) is 29.9. The van der Waals surface area contributed by atoms with Crippen LogP contribution in [0, 0.1) is 0 Å². The minimum absolute atomic E-state index is 1.08. The topological polar surface area (TPSA) is 0 Å². The molecule has 4 aliphatic carbocycles. The van der Waals surface area contributed by atoms with Gasteiger partial charge in [-0.25, -0.2) is 0 Å². The molecule has 24 aromatic rings. The number of benzene rings is 24. The lowest BCUT2D eigenvalue weighted by Gasteiger charge is -2.23. The fraction of sp³-hybridized carbons (Fsp3) is 0. The number of hydrogen-bond donors (Lipinski definition) is 0. The highest BCUT2D eigenvalue weighted by Crippen LogP contribution is 2.64. The second-order valence-corrected chi connectivity index (χ2v) is 37.2. The molecule has 0 heterocycles. The van der Waals surface area contributed by atoms with E-state index in [1.54, 1.807) is 0 Å². The van der Waals surface area contributed by atoms with Crippen LogP contribution in [0.15, 0.2) is 510 Å². The van der Waals surface area contributed by atoms with Crippen LogP contribution in [0.1, 0.15) is 22.3 Å². The zero-order valence-corrected chi connectivity index (χ0v) is 75.5. The highest BCUT2D eigenvalue weighted by molar-refractivity contribution is 6.28. The van der Waals surface area contributed by atoms with Gasteiger partial charge >= 0.3 is 0 Å². The zero-order chi connectivity index (χ0) is 90.6. The van der Waals surface area contributed by atoms with Gasteiger partial charge < -0.3 is 0 Å². The Bertz CT molecular complexity index is 8060. The average molecular weight is 1740 g/mol. The van der Waals surface area contributed by atoms with Gasteiger partial charge in [0.15, 0.2) is 0 Å². The van der Waals surface area contributed by atoms with Crippen molar-refractivity contribution in [1.82, 2.24) is 0 Å². The van der Waals surface area contributed by atoms with E-state index in [2.05, 4.69) is 510 Å². The van der Waals surface area contributed by atoms with E-state index in [1.807, 2.05) is 0 Å². The first kappa shape index (κ1) is 78.7. The van der Waals surface area contributed by atoms with Crippen molar-refractivity contribution in [2.45, 2.75) is 0 Å². The normalized spacial score (nSPS) is 11.9. The largest absolute Gasteiger partial charge is 0.0622 e. The van der Waals surface area contributed by atoms with E-state index in [9.17, 15) is 0 Å². The Morgan fingerprint density at radius 3 is 0.413 bits per heavy atom. The second kappa shape index (κ2) is 31.9. The molecule has 0 unspecified atom stereocenters. The van der Waals surface area contributed by atoms with Gasteiger partial charge in [-0.2, -0.15) is 0 Å². The van der Waals surface area contributed by atoms with Crippen molar-refractivity contribution < 1.29 is 0 Å². The minimum Gasteiger partial charge on any atom is -0.0622 e. The summed E-state index contributed by atoms with van der Waals surface area (Å²) in [6.07, 6.45) is 0. The summed E-state index contributed by atoms with van der Waals surface area (Å²) in [5.74, 6) is 0. The molecule has 0 spiro atoms. The van der Waals surface area contributed by atoms with Crippen LogP contribution in [0.5, 0.6) is 0 Å². The SMILES string of the molecule is c1ccc(-c2cc(-c3ccc(C(=C(c4ccc(-c5cc(-c6ccccc6)c6c(c5-c5ccccc5)-c5cccc7cccc-6c57)cc4)c4ccc(-c5cc(-c6ccccc6)c6c(c5-c5ccccc5)-c5cccc7cccc-6c57)cc4)c4ccc(-c5cc(-c6ccccc6)c6c(c5-c5ccccc5)-c5cccc7cccc-6c57)cc4)cc3)c(-c3ccccc3)c3c2-c2cccc4cccc-3c24)cc1. The molecule has 0 aliphatic heterocycles. The molecular formula is C138H84. The Morgan fingerprint density at radius 2 is 0.239 bits per heavy atom. The predicted octanol–water partition coefficient (Wildman–Crippen LogP) is 37.9. The van der Waals surface area contributed by atoms with Crippen molar-refractivity contribution in [1.29, 1.82) is 0 Å². The molecule has 24 aromatic carbocycles. The average Bonchev–Trinajstić information content (AvgIpc) is 1.56. The second-order valence-electron chi connectivity index (χ2n) is 37.2. The molecule has 28 rings (SSSR count). The Labute approximate surface area is 802 Å². The van der Waals surface area contributed by atoms with Crippen molar-refractivity contribution >= 4 is 54.2 Å². The summed E-state index contributed by atoms with van der Waals surface area (Å²) in [5, 5.41) is 10.2. The molecule has 0 saturated carbocycles. The van der Waals surface area contributed by atoms with Crippen LogP contribution in [0.2, 0.25) is 0 Å². The third-order valence-corrected chi connectivity index (χ3v) is 29.9. The van der Waals surface area contributed by atoms with Gasteiger partial charge in [-0.3, -0.25) is 0 Å². The van der Waals surface area contributed by atoms with Crippen molar-refractivity contribution in [2.24, 2.45) is 0 Å². The molecule has 0 fully saturated rings. The van der Waals surface area contributed by atoms with Gasteiger partial charge in [0.25, 0.3) is 0 Å². The summed E-state index contributed by atoms with van der Waals surface area (Å²) < 4.78 is 0. The van der Waals surface area contributed by atoms with Crippen LogP contribution >= 0.6 is 0 Å². The molecule has 0 amide bonds. The minimum atomic E-state index is 1.08. The predicted molar refractivity (Wildman–Crippen MR) is 584 cm³/mol. The van der Waals surface area contributed by atoms with Crippen LogP contribution < -0.4 is 0 Å². The molecule has 0 aromatic heterocycles. The van der Waals surface area contributed by atoms with Gasteiger partial charge in [-0.05, 0) is 323 Å². The van der Waals surface area contributed by atoms with E-state index in [1.165, 1.54) is 243 Å². The van der Waals surface area contributed by atoms with Gasteiger partial charge in [0.2, 0.25) is 0 Å². The molecule has 0 N–H and O–H groups in total. The summed E-state index contributed by atoms with van der Waals surface area (Å²) in [5.41, 5.74) is 55.1. The van der Waals surface area contributed by atoms with E-state index in [0.717, 1.165) is 55.7 Å². The molecule has 4 aliphatic rings. The zero-order valence-electron chi connectivity index (χ0n) is 75.5. The Kier molecular flexibility index (Phi) is 18.2. The van der Waals surface area contributed by atoms with Crippen molar-refractivity contribution in [3.05, 3.63) is 532 Å². The molecular weight excluding hydrogens is 1660 g/mol. The van der Waals surface area contributed by atoms with Crippen molar-refractivity contribution in [3.8, 4) is 223 Å². The maximum absolute atomic E-state index is 2.50. The first-order valence-corrected chi connectivity index (χ1v) is 48.1. The molecule has 0 nitrogen and oxygen atoms in total. The molecule has 0 saturated heterocycles. The van der Waals surface area contributed by atoms with Gasteiger partial charge in [0, 0.05) is 0 Å². The van der Waals surface area contributed by atoms with Crippen LogP contribution in [0.4, 0.5) is 0 Å². The maximum atomic E-state index is 2.50. The monoisotopic (exact) mass is 1740 g/mol. The number of hydrogen-bond acceptors (Lipinski definition) is 0. The summed E-state index contributed by atoms with van der Waals surface area (Å²) >= 11 is 0. The molecule has 0 atom stereocenters. The highest BCUT2D eigenvalue weighted by Gasteiger charge is 2.37. The Hall–Kier alpha value is -17.9. The first-order valence-electron chi connectivity index (χ1n) is 48.1. The van der Waals surface area contributed by atoms with Crippen molar-refractivity contribution in [2.75, 3.05) is 0 Å². The van der Waals surface area contributed by atoms with E-state index < -0.39 is 0 Å². The van der Waals surface area contributed by atoms with E-state index in [4.69, 9.17) is 0 Å². The lowest BCUT2D eigenvalue weighted by molar-refractivity contribution is 1.48. The highest BCUT2D eigenvalue weighted by atomic mass is 14.4. The molecule has 0 heteroatoms. The number of rotatable bonds is 16. The fourth-order valence-corrected chi connectivity index (χ4v) is 24.0. The van der Waals surface area contributed by atoms with Crippen molar-refractivity contribution in [3.63, 3.8) is 0 Å². The van der Waals surface area contributed by atoms with Crippen LogP contribution in [-0.2, 0) is 0 Å². The van der Waals surface area contributed by atoms with E-state index in [-0.39, 0.29) is 0 Å². The lowest BCUT2D eigenvalue weighted by Crippen LogP contribution is -2.00. The van der Waals surface area contributed by atoms with E-state index >= 15 is 0 Å². The summed E-state index contributed by atoms with van der Waals surface area (Å²) in [7, 11) is 0. The molecule has 0 bridgehead atoms. The summed E-state index contributed by atoms with van der Waals surface area (Å²) in [6.45, 7) is 0. The lowest BCUT2D eigenvalue weighted by atomic mass is 9.80. The molecule has 636 valence electrons. The smallest absolute Gasteiger partial charge is 0.000764 e. The quantitative estimate of drug-likeness (QED) is 0.0846. The fourth-order valence-electron chi connectivity index (χ4n) is 24.0. The number of fused-ring (bicyclic) bond motifs is 12. The van der Waals surface area contributed by atoms with Gasteiger partial charge in [-0.15, -0.1) is 0 Å². The van der Waals surface area contributed by atoms with Crippen LogP contribution in [0.3, 0.4) is 0 Å². The van der Waals surface area contributed by atoms with Gasteiger partial charge in [0.05, 0.1) is 0 Å². The Morgan fingerprint density at radius 1 is 0.0942 bits per heavy atom. The van der Waals surface area contributed by atoms with E-state index in [0.29, 0.717) is 0 Å². The standard InChI is InChI=1S/C138H84/c1-9-33-85(34-10-1)117-81-113(127(97-41-17-5-18-42-97)135-109-61-29-53-93-49-25-57-105(123(93)109)131(117)135)89-65-73-101(74-66-89)121(102-75-67-90(68-76-102)114-82-118(86-35-11-2-12-36-86)132-106-58-26-50-94-54-30-62-110(124(94)106)136(132)128(114)98-43-19-6-20-44-98)122(103-77-69-91(70-78-103)115-83-119(87-37-13-3-14-38-87)133-107-59-27-51-95-55-31-63-111(125(95)107)137(133)129(115)99-45-21-7-22-46-99)104-79-71-92(72-80-104)116-84-120(88-39-15-4-16-40-88)134-108-60-28-52-96-56-32-64-112(126(96)108)138(134)130(116)100-47-23-8-24-48-100/h1-84H. The van der Waals surface area contributed by atoms with Gasteiger partial charge in [0.1, 0.15) is 0 Å². The summed E-state index contributed by atoms with van der Waals surface area (Å²) in [4.78, 5) is 0. The Balaban J connectivity index is 0.715. The van der Waals surface area contributed by atoms with Gasteiger partial charge in [-0.1, -0.05) is 485 Å². The molecule has 0 radical (unpaired) electrons. The molecule has 138 heavy (non-hydrogen) atoms. The third kappa shape index (κ3) is 12.3. The maximum Gasteiger partial charge on any atom is -0.000764 e.